The molecular formula is C28H29BrFN5O2. The Labute approximate surface area is 224 Å². The van der Waals surface area contributed by atoms with Crippen molar-refractivity contribution in [3.63, 3.8) is 0 Å². The lowest BCUT2D eigenvalue weighted by atomic mass is 9.92. The van der Waals surface area contributed by atoms with Gasteiger partial charge in [0.1, 0.15) is 5.82 Å². The van der Waals surface area contributed by atoms with Gasteiger partial charge in [0.2, 0.25) is 5.78 Å². The summed E-state index contributed by atoms with van der Waals surface area (Å²) in [5.41, 5.74) is 4.36. The number of carbonyl (C=O) groups excluding carboxylic acids is 2. The summed E-state index contributed by atoms with van der Waals surface area (Å²) < 4.78 is 13.9. The van der Waals surface area contributed by atoms with Gasteiger partial charge in [0, 0.05) is 48.8 Å². The molecule has 1 aromatic heterocycles. The first-order valence-electron chi connectivity index (χ1n) is 12.2. The number of carbonyl (C=O) groups is 2. The number of piperidine rings is 1. The van der Waals surface area contributed by atoms with E-state index in [0.717, 1.165) is 16.8 Å². The Morgan fingerprint density at radius 2 is 1.73 bits per heavy atom. The Morgan fingerprint density at radius 1 is 1.03 bits per heavy atom. The first-order valence-corrected chi connectivity index (χ1v) is 13.0. The van der Waals surface area contributed by atoms with E-state index in [0.29, 0.717) is 48.3 Å². The molecule has 3 aromatic rings. The summed E-state index contributed by atoms with van der Waals surface area (Å²) in [6.45, 7) is 5.19. The number of urea groups is 1. The maximum absolute atomic E-state index is 13.6. The summed E-state index contributed by atoms with van der Waals surface area (Å²) in [6, 6.07) is 16.0. The van der Waals surface area contributed by atoms with Crippen LogP contribution in [0.25, 0.3) is 11.1 Å². The monoisotopic (exact) mass is 565 g/mol. The van der Waals surface area contributed by atoms with Gasteiger partial charge in [-0.25, -0.2) is 9.18 Å². The molecule has 0 radical (unpaired) electrons. The van der Waals surface area contributed by atoms with Gasteiger partial charge in [0.25, 0.3) is 0 Å². The van der Waals surface area contributed by atoms with Gasteiger partial charge in [-0.15, -0.1) is 0 Å². The third-order valence-corrected chi connectivity index (χ3v) is 6.86. The average Bonchev–Trinajstić information content (AvgIpc) is 2.90. The van der Waals surface area contributed by atoms with Crippen molar-refractivity contribution in [1.82, 2.24) is 9.88 Å². The standard InChI is InChI=1S/C28H29BrFN5O2/c1-3-31-27(33-23-8-9-25(30)24(29)17-23)26(36)20-11-14-35(15-12-20)28(37)34-22-6-4-19(5-7-22)21-10-13-32-18(2)16-21/h4-10,13,16-17,20H,3,11-12,14-15H2,1-2H3,(H,31,33)(H,34,37). The van der Waals surface area contributed by atoms with Crippen molar-refractivity contribution >= 4 is 45.0 Å². The van der Waals surface area contributed by atoms with E-state index in [1.807, 2.05) is 50.2 Å². The molecule has 0 saturated carbocycles. The van der Waals surface area contributed by atoms with Crippen LogP contribution in [0, 0.1) is 18.7 Å². The first kappa shape index (κ1) is 26.5. The first-order chi connectivity index (χ1) is 17.8. The summed E-state index contributed by atoms with van der Waals surface area (Å²) >= 11 is 3.16. The van der Waals surface area contributed by atoms with Crippen LogP contribution in [0.5, 0.6) is 0 Å². The van der Waals surface area contributed by atoms with Crippen molar-refractivity contribution in [2.45, 2.75) is 26.7 Å². The van der Waals surface area contributed by atoms with Crippen molar-refractivity contribution in [2.75, 3.05) is 30.3 Å². The molecule has 2 N–H and O–H groups in total. The summed E-state index contributed by atoms with van der Waals surface area (Å²) in [5, 5.41) is 5.99. The van der Waals surface area contributed by atoms with Gasteiger partial charge in [-0.1, -0.05) is 12.1 Å². The van der Waals surface area contributed by atoms with Gasteiger partial charge in [0.05, 0.1) is 4.47 Å². The number of aromatic nitrogens is 1. The molecule has 1 aliphatic rings. The number of Topliss-reactive ketones (excluding diaryl/α,β-unsaturated/α-hetero) is 1. The number of nitrogens with zero attached hydrogens (tertiary/aromatic N) is 3. The van der Waals surface area contributed by atoms with Gasteiger partial charge in [-0.05, 0) is 96.2 Å². The van der Waals surface area contributed by atoms with Crippen LogP contribution >= 0.6 is 15.9 Å². The van der Waals surface area contributed by atoms with Crippen LogP contribution in [0.4, 0.5) is 20.6 Å². The quantitative estimate of drug-likeness (QED) is 0.271. The van der Waals surface area contributed by atoms with Crippen LogP contribution in [0.3, 0.4) is 0 Å². The lowest BCUT2D eigenvalue weighted by Gasteiger charge is -2.31. The van der Waals surface area contributed by atoms with Crippen LogP contribution in [0.1, 0.15) is 25.5 Å². The Bertz CT molecular complexity index is 1300. The Morgan fingerprint density at radius 3 is 2.38 bits per heavy atom. The molecule has 2 amide bonds. The van der Waals surface area contributed by atoms with Crippen LogP contribution in [0.15, 0.2) is 70.3 Å². The molecule has 4 rings (SSSR count). The molecule has 0 bridgehead atoms. The number of amidine groups is 1. The van der Waals surface area contributed by atoms with Crippen LogP contribution in [-0.2, 0) is 4.79 Å². The smallest absolute Gasteiger partial charge is 0.321 e. The predicted octanol–water partition coefficient (Wildman–Crippen LogP) is 6.30. The predicted molar refractivity (Wildman–Crippen MR) is 148 cm³/mol. The van der Waals surface area contributed by atoms with E-state index >= 15 is 0 Å². The molecule has 0 aliphatic carbocycles. The molecule has 1 aliphatic heterocycles. The van der Waals surface area contributed by atoms with E-state index in [1.54, 1.807) is 23.2 Å². The fourth-order valence-electron chi connectivity index (χ4n) is 4.26. The number of benzene rings is 2. The molecule has 7 nitrogen and oxygen atoms in total. The highest BCUT2D eigenvalue weighted by molar-refractivity contribution is 9.10. The number of nitrogens with one attached hydrogen (secondary N) is 2. The largest absolute Gasteiger partial charge is 0.338 e. The summed E-state index contributed by atoms with van der Waals surface area (Å²) in [6.07, 6.45) is 2.87. The molecule has 0 atom stereocenters. The number of anilines is 2. The molecule has 0 spiro atoms. The molecule has 1 saturated heterocycles. The van der Waals surface area contributed by atoms with E-state index in [-0.39, 0.29) is 29.4 Å². The second-order valence-corrected chi connectivity index (χ2v) is 9.75. The number of halogens is 2. The normalized spacial score (nSPS) is 14.4. The Kier molecular flexibility index (Phi) is 8.66. The number of aliphatic imine (C=N–C) groups is 1. The summed E-state index contributed by atoms with van der Waals surface area (Å²) in [5.74, 6) is -0.456. The van der Waals surface area contributed by atoms with Gasteiger partial charge < -0.3 is 15.5 Å². The van der Waals surface area contributed by atoms with Crippen molar-refractivity contribution in [3.8, 4) is 11.1 Å². The number of amides is 2. The fourth-order valence-corrected chi connectivity index (χ4v) is 4.64. The van der Waals surface area contributed by atoms with Crippen LogP contribution < -0.4 is 10.6 Å². The maximum atomic E-state index is 13.6. The highest BCUT2D eigenvalue weighted by Crippen LogP contribution is 2.24. The lowest BCUT2D eigenvalue weighted by molar-refractivity contribution is -0.117. The second-order valence-electron chi connectivity index (χ2n) is 8.90. The zero-order valence-electron chi connectivity index (χ0n) is 20.8. The minimum absolute atomic E-state index is 0.0932. The minimum Gasteiger partial charge on any atom is -0.338 e. The van der Waals surface area contributed by atoms with E-state index < -0.39 is 0 Å². The second kappa shape index (κ2) is 12.1. The number of ketones is 1. The summed E-state index contributed by atoms with van der Waals surface area (Å²) in [4.78, 5) is 36.3. The van der Waals surface area contributed by atoms with E-state index in [1.165, 1.54) is 6.07 Å². The summed E-state index contributed by atoms with van der Waals surface area (Å²) in [7, 11) is 0. The van der Waals surface area contributed by atoms with Gasteiger partial charge in [-0.2, -0.15) is 0 Å². The Hall–Kier alpha value is -3.59. The zero-order chi connectivity index (χ0) is 26.4. The van der Waals surface area contributed by atoms with Gasteiger partial charge in [0.15, 0.2) is 5.84 Å². The number of hydrogen-bond donors (Lipinski definition) is 2. The fraction of sp³-hybridized carbons (Fsp3) is 0.286. The number of aryl methyl sites for hydroxylation is 1. The van der Waals surface area contributed by atoms with Crippen molar-refractivity contribution in [2.24, 2.45) is 10.9 Å². The molecule has 0 unspecified atom stereocenters. The van der Waals surface area contributed by atoms with E-state index in [4.69, 9.17) is 0 Å². The topological polar surface area (TPSA) is 86.7 Å². The highest BCUT2D eigenvalue weighted by Gasteiger charge is 2.30. The van der Waals surface area contributed by atoms with E-state index in [2.05, 4.69) is 36.5 Å². The number of likely N-dealkylation sites (tertiary alicyclic amines) is 1. The highest BCUT2D eigenvalue weighted by atomic mass is 79.9. The van der Waals surface area contributed by atoms with Gasteiger partial charge in [-0.3, -0.25) is 14.8 Å². The Balaban J connectivity index is 1.32. The van der Waals surface area contributed by atoms with Crippen molar-refractivity contribution in [3.05, 3.63) is 76.8 Å². The third kappa shape index (κ3) is 6.80. The molecule has 2 heterocycles. The van der Waals surface area contributed by atoms with E-state index in [9.17, 15) is 14.0 Å². The number of hydrogen-bond acceptors (Lipinski definition) is 4. The maximum Gasteiger partial charge on any atom is 0.321 e. The minimum atomic E-state index is -0.378. The molecule has 2 aromatic carbocycles. The SMILES string of the molecule is CCN=C(Nc1ccc(F)c(Br)c1)C(=O)C1CCN(C(=O)Nc2ccc(-c3ccnc(C)c3)cc2)CC1. The number of pyridine rings is 1. The molecule has 9 heteroatoms. The third-order valence-electron chi connectivity index (χ3n) is 6.25. The van der Waals surface area contributed by atoms with Crippen LogP contribution in [0.2, 0.25) is 0 Å². The lowest BCUT2D eigenvalue weighted by Crippen LogP contribution is -2.44. The molecule has 192 valence electrons. The van der Waals surface area contributed by atoms with Crippen molar-refractivity contribution in [1.29, 1.82) is 0 Å². The molecule has 1 fully saturated rings. The van der Waals surface area contributed by atoms with Crippen molar-refractivity contribution < 1.29 is 14.0 Å². The van der Waals surface area contributed by atoms with Crippen LogP contribution in [-0.4, -0.2) is 47.2 Å². The molecular weight excluding hydrogens is 537 g/mol. The number of rotatable bonds is 6. The zero-order valence-corrected chi connectivity index (χ0v) is 22.4. The average molecular weight is 566 g/mol. The molecule has 37 heavy (non-hydrogen) atoms. The van der Waals surface area contributed by atoms with Gasteiger partial charge >= 0.3 is 6.03 Å².